The Morgan fingerprint density at radius 1 is 0.576 bits per heavy atom. The number of aromatic nitrogens is 3. The topological polar surface area (TPSA) is 38.7 Å². The minimum Gasteiger partial charge on any atom is -0.208 e. The maximum atomic E-state index is 8.82. The van der Waals surface area contributed by atoms with Crippen molar-refractivity contribution in [3.05, 3.63) is 114 Å². The van der Waals surface area contributed by atoms with E-state index in [0.717, 1.165) is 21.9 Å². The molecule has 0 fully saturated rings. The molecule has 33 heavy (non-hydrogen) atoms. The quantitative estimate of drug-likeness (QED) is 0.275. The monoisotopic (exact) mass is 450 g/mol. The van der Waals surface area contributed by atoms with Crippen LogP contribution >= 0.6 is 11.6 Å². The second-order valence-electron chi connectivity index (χ2n) is 7.36. The summed E-state index contributed by atoms with van der Waals surface area (Å²) >= 11 is 6.34. The molecule has 0 atom stereocenters. The highest BCUT2D eigenvalue weighted by atomic mass is 35.5. The van der Waals surface area contributed by atoms with Crippen LogP contribution in [0.1, 0.15) is 9.60 Å². The van der Waals surface area contributed by atoms with Crippen LogP contribution in [0.3, 0.4) is 0 Å². The lowest BCUT2D eigenvalue weighted by atomic mass is 9.96. The molecule has 156 valence electrons. The van der Waals surface area contributed by atoms with Crippen molar-refractivity contribution in [3.8, 4) is 33.9 Å². The molecule has 0 amide bonds. The predicted molar refractivity (Wildman–Crippen MR) is 136 cm³/mol. The first-order chi connectivity index (χ1) is 19.2. The molecule has 1 heterocycles. The van der Waals surface area contributed by atoms with Crippen molar-refractivity contribution in [1.29, 1.82) is 0 Å². The van der Waals surface area contributed by atoms with Crippen molar-refractivity contribution < 1.29 is 9.60 Å². The minimum atomic E-state index is -0.534. The van der Waals surface area contributed by atoms with Gasteiger partial charge in [0.1, 0.15) is 0 Å². The number of fused-ring (bicyclic) bond motifs is 2. The zero-order chi connectivity index (χ0) is 28.3. The van der Waals surface area contributed by atoms with Gasteiger partial charge >= 0.3 is 0 Å². The molecule has 0 saturated carbocycles. The van der Waals surface area contributed by atoms with Crippen LogP contribution in [-0.2, 0) is 0 Å². The summed E-state index contributed by atoms with van der Waals surface area (Å²) < 4.78 is 58.6. The first-order valence-electron chi connectivity index (χ1n) is 13.7. The molecule has 6 aromatic rings. The van der Waals surface area contributed by atoms with Gasteiger partial charge < -0.3 is 0 Å². The third kappa shape index (κ3) is 3.73. The number of benzene rings is 5. The molecule has 0 aliphatic carbocycles. The van der Waals surface area contributed by atoms with Crippen LogP contribution < -0.4 is 0 Å². The van der Waals surface area contributed by atoms with E-state index >= 15 is 0 Å². The van der Waals surface area contributed by atoms with Gasteiger partial charge in [0, 0.05) is 11.1 Å². The van der Waals surface area contributed by atoms with Gasteiger partial charge in [0.25, 0.3) is 0 Å². The maximum Gasteiger partial charge on any atom is 0.226 e. The van der Waals surface area contributed by atoms with Gasteiger partial charge in [-0.05, 0) is 56.4 Å². The summed E-state index contributed by atoms with van der Waals surface area (Å²) in [5, 5.41) is 1.59. The first kappa shape index (κ1) is 13.5. The van der Waals surface area contributed by atoms with Crippen LogP contribution in [0.4, 0.5) is 0 Å². The molecule has 0 spiro atoms. The lowest BCUT2D eigenvalue weighted by molar-refractivity contribution is 1.07. The van der Waals surface area contributed by atoms with Crippen molar-refractivity contribution in [2.24, 2.45) is 0 Å². The molecule has 3 nitrogen and oxygen atoms in total. The standard InChI is InChI=1S/C29H18ClN3/c30-29-32-27(24-16-14-20-8-2-4-10-22(20)18-24)31-28(33-29)26-12-6-5-11-25(26)23-15-13-19-7-1-3-9-21(19)17-23/h1-18H/i2D,4D,8D,10D,14D,16D,18D. The number of nitrogens with zero attached hydrogens (tertiary/aromatic N) is 3. The second kappa shape index (κ2) is 8.12. The largest absolute Gasteiger partial charge is 0.226 e. The smallest absolute Gasteiger partial charge is 0.208 e. The van der Waals surface area contributed by atoms with Crippen LogP contribution in [0.2, 0.25) is 5.28 Å². The van der Waals surface area contributed by atoms with Gasteiger partial charge in [-0.25, -0.2) is 4.98 Å². The van der Waals surface area contributed by atoms with E-state index in [9.17, 15) is 0 Å². The Bertz CT molecular complexity index is 2010. The fraction of sp³-hybridized carbons (Fsp3) is 0. The van der Waals surface area contributed by atoms with Crippen molar-refractivity contribution in [2.75, 3.05) is 0 Å². The molecular weight excluding hydrogens is 426 g/mol. The summed E-state index contributed by atoms with van der Waals surface area (Å²) in [4.78, 5) is 13.1. The number of rotatable bonds is 3. The molecule has 4 heteroatoms. The van der Waals surface area contributed by atoms with Gasteiger partial charge in [0.2, 0.25) is 5.28 Å². The Labute approximate surface area is 206 Å². The van der Waals surface area contributed by atoms with E-state index in [0.29, 0.717) is 5.56 Å². The number of hydrogen-bond donors (Lipinski definition) is 0. The molecule has 5 aromatic carbocycles. The highest BCUT2D eigenvalue weighted by Gasteiger charge is 2.14. The summed E-state index contributed by atoms with van der Waals surface area (Å²) in [6.07, 6.45) is 0. The molecule has 0 aliphatic heterocycles. The molecule has 6 rings (SSSR count). The van der Waals surface area contributed by atoms with E-state index < -0.39 is 36.3 Å². The molecule has 0 N–H and O–H groups in total. The molecule has 0 unspecified atom stereocenters. The van der Waals surface area contributed by atoms with Crippen LogP contribution in [0.15, 0.2) is 109 Å². The van der Waals surface area contributed by atoms with Gasteiger partial charge in [0.15, 0.2) is 11.6 Å². The van der Waals surface area contributed by atoms with E-state index in [-0.39, 0.29) is 39.3 Å². The molecule has 1 aromatic heterocycles. The zero-order valence-electron chi connectivity index (χ0n) is 24.1. The average Bonchev–Trinajstić information content (AvgIpc) is 2.96. The lowest BCUT2D eigenvalue weighted by Crippen LogP contribution is -1.98. The van der Waals surface area contributed by atoms with Crippen molar-refractivity contribution in [1.82, 2.24) is 15.0 Å². The van der Waals surface area contributed by atoms with Crippen LogP contribution in [0.25, 0.3) is 55.4 Å². The SMILES string of the molecule is [2H]c1c([2H])c([2H])c2c([2H])c(-c3nc(Cl)nc(-c4ccccc4-c4ccc5ccccc5c4)n3)c([2H])c([2H])c2c1[2H]. The Morgan fingerprint density at radius 2 is 1.30 bits per heavy atom. The van der Waals surface area contributed by atoms with E-state index in [1.54, 1.807) is 0 Å². The highest BCUT2D eigenvalue weighted by molar-refractivity contribution is 6.28. The molecule has 0 saturated heterocycles. The Kier molecular flexibility index (Phi) is 3.31. The number of halogens is 1. The minimum absolute atomic E-state index is 0.138. The summed E-state index contributed by atoms with van der Waals surface area (Å²) in [6, 6.07) is 18.3. The van der Waals surface area contributed by atoms with Crippen LogP contribution in [0, 0.1) is 0 Å². The predicted octanol–water partition coefficient (Wildman–Crippen LogP) is 7.83. The Morgan fingerprint density at radius 3 is 2.18 bits per heavy atom. The van der Waals surface area contributed by atoms with E-state index in [4.69, 9.17) is 21.2 Å². The molecule has 0 aliphatic rings. The lowest BCUT2D eigenvalue weighted by Gasteiger charge is -2.11. The Balaban J connectivity index is 1.59. The summed E-state index contributed by atoms with van der Waals surface area (Å²) in [6.45, 7) is 0. The zero-order valence-corrected chi connectivity index (χ0v) is 17.8. The third-order valence-electron chi connectivity index (χ3n) is 5.31. The van der Waals surface area contributed by atoms with Crippen molar-refractivity contribution >= 4 is 33.1 Å². The average molecular weight is 451 g/mol. The summed E-state index contributed by atoms with van der Waals surface area (Å²) in [7, 11) is 0. The summed E-state index contributed by atoms with van der Waals surface area (Å²) in [5.74, 6) is 0.0558. The van der Waals surface area contributed by atoms with Crippen molar-refractivity contribution in [2.45, 2.75) is 0 Å². The fourth-order valence-electron chi connectivity index (χ4n) is 3.76. The summed E-state index contributed by atoms with van der Waals surface area (Å²) in [5.41, 5.74) is 2.21. The van der Waals surface area contributed by atoms with E-state index in [2.05, 4.69) is 21.0 Å². The van der Waals surface area contributed by atoms with Gasteiger partial charge in [-0.1, -0.05) is 96.9 Å². The van der Waals surface area contributed by atoms with Gasteiger partial charge in [-0.2, -0.15) is 9.97 Å². The third-order valence-corrected chi connectivity index (χ3v) is 5.48. The molecule has 0 bridgehead atoms. The maximum absolute atomic E-state index is 8.82. The van der Waals surface area contributed by atoms with Gasteiger partial charge in [-0.3, -0.25) is 0 Å². The number of hydrogen-bond acceptors (Lipinski definition) is 3. The van der Waals surface area contributed by atoms with E-state index in [1.807, 2.05) is 60.7 Å². The van der Waals surface area contributed by atoms with Gasteiger partial charge in [0.05, 0.1) is 9.60 Å². The molecular formula is C29H18ClN3. The normalized spacial score (nSPS) is 14.2. The fourth-order valence-corrected chi connectivity index (χ4v) is 3.92. The molecule has 0 radical (unpaired) electrons. The van der Waals surface area contributed by atoms with Gasteiger partial charge in [-0.15, -0.1) is 0 Å². The van der Waals surface area contributed by atoms with E-state index in [1.165, 1.54) is 0 Å². The Hall–Kier alpha value is -4.08. The second-order valence-corrected chi connectivity index (χ2v) is 7.70. The highest BCUT2D eigenvalue weighted by Crippen LogP contribution is 2.33. The van der Waals surface area contributed by atoms with Crippen molar-refractivity contribution in [3.63, 3.8) is 0 Å². The van der Waals surface area contributed by atoms with Crippen LogP contribution in [0.5, 0.6) is 0 Å². The van der Waals surface area contributed by atoms with Crippen LogP contribution in [-0.4, -0.2) is 15.0 Å². The first-order valence-corrected chi connectivity index (χ1v) is 10.6.